The summed E-state index contributed by atoms with van der Waals surface area (Å²) in [5, 5.41) is 19.8. The summed E-state index contributed by atoms with van der Waals surface area (Å²) in [6.07, 6.45) is 0.134. The van der Waals surface area contributed by atoms with Gasteiger partial charge in [0.1, 0.15) is 5.76 Å². The first kappa shape index (κ1) is 10.1. The minimum Gasteiger partial charge on any atom is -0.504 e. The van der Waals surface area contributed by atoms with E-state index in [0.29, 0.717) is 12.0 Å². The molecule has 0 aliphatic heterocycles. The van der Waals surface area contributed by atoms with Crippen molar-refractivity contribution in [3.8, 4) is 5.75 Å². The second kappa shape index (κ2) is 3.59. The molecule has 0 radical (unpaired) electrons. The van der Waals surface area contributed by atoms with E-state index in [1.165, 1.54) is 0 Å². The van der Waals surface area contributed by atoms with Gasteiger partial charge in [-0.2, -0.15) is 0 Å². The Kier molecular flexibility index (Phi) is 2.40. The highest BCUT2D eigenvalue weighted by atomic mass is 16.4. The summed E-state index contributed by atoms with van der Waals surface area (Å²) in [7, 11) is 0. The van der Waals surface area contributed by atoms with Crippen molar-refractivity contribution in [3.05, 3.63) is 29.5 Å². The Morgan fingerprint density at radius 3 is 2.80 bits per heavy atom. The standard InChI is InChI=1S/C12H14O3/c1-7(13)6-10-8(2)15-12-9(10)4-3-5-11(12)14/h3-5,7,13-14H,6H2,1-2H3. The van der Waals surface area contributed by atoms with Crippen molar-refractivity contribution in [2.45, 2.75) is 26.4 Å². The second-order valence-corrected chi connectivity index (χ2v) is 3.84. The van der Waals surface area contributed by atoms with Crippen LogP contribution >= 0.6 is 0 Å². The van der Waals surface area contributed by atoms with E-state index in [0.717, 1.165) is 16.7 Å². The zero-order valence-corrected chi connectivity index (χ0v) is 8.82. The molecule has 0 amide bonds. The predicted octanol–water partition coefficient (Wildman–Crippen LogP) is 2.37. The summed E-state index contributed by atoms with van der Waals surface area (Å²) in [6, 6.07) is 5.26. The fourth-order valence-electron chi connectivity index (χ4n) is 1.82. The number of fused-ring (bicyclic) bond motifs is 1. The minimum atomic E-state index is -0.410. The van der Waals surface area contributed by atoms with Gasteiger partial charge in [-0.25, -0.2) is 0 Å². The van der Waals surface area contributed by atoms with Gasteiger partial charge in [-0.1, -0.05) is 12.1 Å². The van der Waals surface area contributed by atoms with Gasteiger partial charge < -0.3 is 14.6 Å². The van der Waals surface area contributed by atoms with Crippen LogP contribution in [0.4, 0.5) is 0 Å². The molecule has 1 atom stereocenters. The maximum absolute atomic E-state index is 9.59. The van der Waals surface area contributed by atoms with E-state index in [1.54, 1.807) is 19.1 Å². The predicted molar refractivity (Wildman–Crippen MR) is 58.0 cm³/mol. The van der Waals surface area contributed by atoms with Gasteiger partial charge in [0, 0.05) is 17.4 Å². The first-order valence-electron chi connectivity index (χ1n) is 4.97. The normalized spacial score (nSPS) is 13.3. The molecule has 1 heterocycles. The number of phenols is 1. The highest BCUT2D eigenvalue weighted by Gasteiger charge is 2.14. The Balaban J connectivity index is 2.63. The number of aromatic hydroxyl groups is 1. The molecule has 15 heavy (non-hydrogen) atoms. The van der Waals surface area contributed by atoms with Crippen molar-refractivity contribution in [3.63, 3.8) is 0 Å². The summed E-state index contributed by atoms with van der Waals surface area (Å²) in [5.74, 6) is 0.903. The van der Waals surface area contributed by atoms with Crippen molar-refractivity contribution in [2.75, 3.05) is 0 Å². The van der Waals surface area contributed by atoms with Crippen molar-refractivity contribution in [1.82, 2.24) is 0 Å². The molecule has 2 aromatic rings. The van der Waals surface area contributed by atoms with Crippen LogP contribution in [0.25, 0.3) is 11.0 Å². The smallest absolute Gasteiger partial charge is 0.176 e. The molecule has 0 spiro atoms. The molecule has 1 aromatic heterocycles. The van der Waals surface area contributed by atoms with Crippen molar-refractivity contribution in [2.24, 2.45) is 0 Å². The quantitative estimate of drug-likeness (QED) is 0.793. The fraction of sp³-hybridized carbons (Fsp3) is 0.333. The van der Waals surface area contributed by atoms with Gasteiger partial charge >= 0.3 is 0 Å². The van der Waals surface area contributed by atoms with E-state index in [-0.39, 0.29) is 5.75 Å². The van der Waals surface area contributed by atoms with Crippen molar-refractivity contribution >= 4 is 11.0 Å². The van der Waals surface area contributed by atoms with Crippen molar-refractivity contribution in [1.29, 1.82) is 0 Å². The van der Waals surface area contributed by atoms with Gasteiger partial charge in [-0.05, 0) is 19.9 Å². The van der Waals surface area contributed by atoms with Gasteiger partial charge in [0.25, 0.3) is 0 Å². The Labute approximate surface area is 88.0 Å². The molecule has 3 nitrogen and oxygen atoms in total. The molecule has 1 aromatic carbocycles. The molecule has 3 heteroatoms. The summed E-state index contributed by atoms with van der Waals surface area (Å²) < 4.78 is 5.47. The van der Waals surface area contributed by atoms with E-state index in [4.69, 9.17) is 4.42 Å². The molecule has 2 rings (SSSR count). The number of hydrogen-bond donors (Lipinski definition) is 2. The number of aliphatic hydroxyl groups excluding tert-OH is 1. The lowest BCUT2D eigenvalue weighted by Gasteiger charge is -2.02. The number of aliphatic hydroxyl groups is 1. The number of furan rings is 1. The lowest BCUT2D eigenvalue weighted by atomic mass is 10.0. The van der Waals surface area contributed by atoms with Crippen molar-refractivity contribution < 1.29 is 14.6 Å². The summed E-state index contributed by atoms with van der Waals surface area (Å²) in [6.45, 7) is 3.58. The molecule has 0 saturated heterocycles. The molecule has 2 N–H and O–H groups in total. The van der Waals surface area contributed by atoms with Crippen LogP contribution in [0, 0.1) is 6.92 Å². The monoisotopic (exact) mass is 206 g/mol. The average Bonchev–Trinajstić information content (AvgIpc) is 2.45. The van der Waals surface area contributed by atoms with Crippen LogP contribution in [0.1, 0.15) is 18.2 Å². The third-order valence-corrected chi connectivity index (χ3v) is 2.50. The lowest BCUT2D eigenvalue weighted by Crippen LogP contribution is -2.04. The molecule has 0 fully saturated rings. The van der Waals surface area contributed by atoms with Gasteiger partial charge in [0.05, 0.1) is 6.10 Å². The molecular weight excluding hydrogens is 192 g/mol. The van der Waals surface area contributed by atoms with Crippen LogP contribution in [0.2, 0.25) is 0 Å². The van der Waals surface area contributed by atoms with Crippen LogP contribution in [0.5, 0.6) is 5.75 Å². The topological polar surface area (TPSA) is 53.6 Å². The molecule has 0 aliphatic carbocycles. The Morgan fingerprint density at radius 2 is 2.13 bits per heavy atom. The Bertz CT molecular complexity index is 483. The number of phenolic OH excluding ortho intramolecular Hbond substituents is 1. The molecule has 0 aliphatic rings. The summed E-state index contributed by atoms with van der Waals surface area (Å²) >= 11 is 0. The molecule has 0 bridgehead atoms. The van der Waals surface area contributed by atoms with Gasteiger partial charge in [0.15, 0.2) is 11.3 Å². The van der Waals surface area contributed by atoms with Gasteiger partial charge in [-0.15, -0.1) is 0 Å². The fourth-order valence-corrected chi connectivity index (χ4v) is 1.82. The zero-order valence-electron chi connectivity index (χ0n) is 8.82. The number of rotatable bonds is 2. The third kappa shape index (κ3) is 1.70. The molecular formula is C12H14O3. The van der Waals surface area contributed by atoms with Gasteiger partial charge in [0.2, 0.25) is 0 Å². The van der Waals surface area contributed by atoms with Crippen LogP contribution in [0.15, 0.2) is 22.6 Å². The minimum absolute atomic E-state index is 0.146. The van der Waals surface area contributed by atoms with Crippen LogP contribution in [-0.4, -0.2) is 16.3 Å². The average molecular weight is 206 g/mol. The van der Waals surface area contributed by atoms with E-state index in [2.05, 4.69) is 0 Å². The SMILES string of the molecule is Cc1oc2c(O)cccc2c1CC(C)O. The van der Waals surface area contributed by atoms with E-state index < -0.39 is 6.10 Å². The van der Waals surface area contributed by atoms with Crippen LogP contribution in [0.3, 0.4) is 0 Å². The lowest BCUT2D eigenvalue weighted by molar-refractivity contribution is 0.195. The first-order valence-corrected chi connectivity index (χ1v) is 4.97. The molecule has 0 saturated carbocycles. The number of benzene rings is 1. The Hall–Kier alpha value is -1.48. The van der Waals surface area contributed by atoms with Gasteiger partial charge in [-0.3, -0.25) is 0 Å². The van der Waals surface area contributed by atoms with E-state index in [1.807, 2.05) is 13.0 Å². The maximum Gasteiger partial charge on any atom is 0.176 e. The number of para-hydroxylation sites is 1. The Morgan fingerprint density at radius 1 is 1.40 bits per heavy atom. The van der Waals surface area contributed by atoms with E-state index >= 15 is 0 Å². The molecule has 1 unspecified atom stereocenters. The van der Waals surface area contributed by atoms with Crippen LogP contribution < -0.4 is 0 Å². The zero-order chi connectivity index (χ0) is 11.0. The number of hydrogen-bond acceptors (Lipinski definition) is 3. The van der Waals surface area contributed by atoms with Crippen LogP contribution in [-0.2, 0) is 6.42 Å². The largest absolute Gasteiger partial charge is 0.504 e. The summed E-state index contributed by atoms with van der Waals surface area (Å²) in [5.41, 5.74) is 1.47. The summed E-state index contributed by atoms with van der Waals surface area (Å²) in [4.78, 5) is 0. The second-order valence-electron chi connectivity index (χ2n) is 3.84. The maximum atomic E-state index is 9.59. The third-order valence-electron chi connectivity index (χ3n) is 2.50. The highest BCUT2D eigenvalue weighted by molar-refractivity contribution is 5.87. The van der Waals surface area contributed by atoms with E-state index in [9.17, 15) is 10.2 Å². The highest BCUT2D eigenvalue weighted by Crippen LogP contribution is 2.32. The molecule has 80 valence electrons. The first-order chi connectivity index (χ1) is 7.09. The number of aryl methyl sites for hydroxylation is 1.